The van der Waals surface area contributed by atoms with Crippen LogP contribution in [0.15, 0.2) is 48.5 Å². The van der Waals surface area contributed by atoms with Gasteiger partial charge in [0, 0.05) is 5.56 Å². The Morgan fingerprint density at radius 2 is 1.70 bits per heavy atom. The van der Waals surface area contributed by atoms with Crippen molar-refractivity contribution < 1.29 is 19.1 Å². The molecule has 0 heterocycles. The van der Waals surface area contributed by atoms with Crippen LogP contribution in [0.5, 0.6) is 5.75 Å². The first-order chi connectivity index (χ1) is 9.72. The van der Waals surface area contributed by atoms with Gasteiger partial charge in [-0.05, 0) is 29.8 Å². The summed E-state index contributed by atoms with van der Waals surface area (Å²) in [6.07, 6.45) is 0.729. The van der Waals surface area contributed by atoms with E-state index in [9.17, 15) is 9.59 Å². The van der Waals surface area contributed by atoms with Gasteiger partial charge in [0.25, 0.3) is 0 Å². The van der Waals surface area contributed by atoms with E-state index in [-0.39, 0.29) is 6.61 Å². The van der Waals surface area contributed by atoms with E-state index in [0.717, 1.165) is 17.6 Å². The van der Waals surface area contributed by atoms with Crippen molar-refractivity contribution in [2.45, 2.75) is 6.61 Å². The van der Waals surface area contributed by atoms with E-state index in [4.69, 9.17) is 9.47 Å². The number of aldehydes is 1. The third-order valence-electron chi connectivity index (χ3n) is 2.81. The fourth-order valence-corrected chi connectivity index (χ4v) is 1.65. The van der Waals surface area contributed by atoms with E-state index >= 15 is 0 Å². The van der Waals surface area contributed by atoms with Gasteiger partial charge in [0.1, 0.15) is 18.6 Å². The molecule has 0 saturated carbocycles. The van der Waals surface area contributed by atoms with Crippen molar-refractivity contribution in [1.29, 1.82) is 0 Å². The second-order valence-electron chi connectivity index (χ2n) is 4.16. The Labute approximate surface area is 116 Å². The lowest BCUT2D eigenvalue weighted by Crippen LogP contribution is -2.05. The van der Waals surface area contributed by atoms with Crippen molar-refractivity contribution in [1.82, 2.24) is 0 Å². The maximum absolute atomic E-state index is 11.8. The number of benzene rings is 2. The first kappa shape index (κ1) is 13.8. The van der Waals surface area contributed by atoms with Gasteiger partial charge in [-0.25, -0.2) is 4.79 Å². The van der Waals surface area contributed by atoms with Crippen LogP contribution < -0.4 is 4.74 Å². The quantitative estimate of drug-likeness (QED) is 0.619. The minimum atomic E-state index is -0.418. The van der Waals surface area contributed by atoms with Crippen LogP contribution in [0.1, 0.15) is 26.3 Å². The Morgan fingerprint density at radius 3 is 2.25 bits per heavy atom. The zero-order valence-electron chi connectivity index (χ0n) is 11.0. The molecule has 4 nitrogen and oxygen atoms in total. The first-order valence-corrected chi connectivity index (χ1v) is 6.08. The molecule has 2 aromatic carbocycles. The minimum Gasteiger partial charge on any atom is -0.497 e. The molecule has 20 heavy (non-hydrogen) atoms. The van der Waals surface area contributed by atoms with Gasteiger partial charge in [-0.15, -0.1) is 0 Å². The van der Waals surface area contributed by atoms with Gasteiger partial charge in [-0.1, -0.05) is 24.3 Å². The molecule has 0 unspecified atom stereocenters. The van der Waals surface area contributed by atoms with Gasteiger partial charge >= 0.3 is 5.97 Å². The molecule has 2 rings (SSSR count). The molecule has 0 radical (unpaired) electrons. The van der Waals surface area contributed by atoms with E-state index in [2.05, 4.69) is 0 Å². The van der Waals surface area contributed by atoms with Crippen molar-refractivity contribution in [3.8, 4) is 5.75 Å². The first-order valence-electron chi connectivity index (χ1n) is 6.08. The maximum Gasteiger partial charge on any atom is 0.338 e. The largest absolute Gasteiger partial charge is 0.497 e. The van der Waals surface area contributed by atoms with Crippen molar-refractivity contribution in [3.63, 3.8) is 0 Å². The number of methoxy groups -OCH3 is 1. The summed E-state index contributed by atoms with van der Waals surface area (Å²) in [7, 11) is 1.60. The molecule has 0 saturated heterocycles. The third kappa shape index (κ3) is 3.45. The molecule has 0 amide bonds. The van der Waals surface area contributed by atoms with E-state index in [1.165, 1.54) is 0 Å². The summed E-state index contributed by atoms with van der Waals surface area (Å²) in [6.45, 7) is 0.193. The Morgan fingerprint density at radius 1 is 1.05 bits per heavy atom. The zero-order valence-corrected chi connectivity index (χ0v) is 11.0. The smallest absolute Gasteiger partial charge is 0.338 e. The summed E-state index contributed by atoms with van der Waals surface area (Å²) < 4.78 is 10.2. The van der Waals surface area contributed by atoms with Crippen LogP contribution >= 0.6 is 0 Å². The highest BCUT2D eigenvalue weighted by Gasteiger charge is 2.07. The van der Waals surface area contributed by atoms with Crippen LogP contribution in [0.2, 0.25) is 0 Å². The van der Waals surface area contributed by atoms with Gasteiger partial charge in [0.2, 0.25) is 0 Å². The Bertz CT molecular complexity index is 585. The van der Waals surface area contributed by atoms with Gasteiger partial charge in [0.05, 0.1) is 12.7 Å². The van der Waals surface area contributed by atoms with Crippen molar-refractivity contribution in [2.75, 3.05) is 7.11 Å². The van der Waals surface area contributed by atoms with Gasteiger partial charge in [0.15, 0.2) is 0 Å². The molecular formula is C16H14O4. The zero-order chi connectivity index (χ0) is 14.4. The third-order valence-corrected chi connectivity index (χ3v) is 2.81. The van der Waals surface area contributed by atoms with Gasteiger partial charge < -0.3 is 9.47 Å². The van der Waals surface area contributed by atoms with Crippen LogP contribution in [0.4, 0.5) is 0 Å². The molecule has 4 heteroatoms. The second-order valence-corrected chi connectivity index (χ2v) is 4.16. The Hall–Kier alpha value is -2.62. The molecule has 0 aliphatic heterocycles. The number of rotatable bonds is 5. The normalized spacial score (nSPS) is 9.85. The number of ether oxygens (including phenoxy) is 2. The molecule has 0 aliphatic carbocycles. The monoisotopic (exact) mass is 270 g/mol. The average molecular weight is 270 g/mol. The highest BCUT2D eigenvalue weighted by molar-refractivity contribution is 5.90. The second kappa shape index (κ2) is 6.52. The SMILES string of the molecule is COc1ccc(COC(=O)c2ccc(C=O)cc2)cc1. The standard InChI is InChI=1S/C16H14O4/c1-19-15-8-4-13(5-9-15)11-20-16(18)14-6-2-12(10-17)3-7-14/h2-10H,11H2,1H3. The molecular weight excluding hydrogens is 256 g/mol. The molecule has 2 aromatic rings. The fourth-order valence-electron chi connectivity index (χ4n) is 1.65. The van der Waals surface area contributed by atoms with Crippen LogP contribution in [-0.4, -0.2) is 19.4 Å². The maximum atomic E-state index is 11.8. The summed E-state index contributed by atoms with van der Waals surface area (Å²) >= 11 is 0. The predicted octanol–water partition coefficient (Wildman–Crippen LogP) is 2.86. The molecule has 0 spiro atoms. The van der Waals surface area contributed by atoms with Gasteiger partial charge in [-0.2, -0.15) is 0 Å². The number of carbonyl (C=O) groups excluding carboxylic acids is 2. The Kier molecular flexibility index (Phi) is 4.50. The van der Waals surface area contributed by atoms with E-state index in [1.54, 1.807) is 31.4 Å². The van der Waals surface area contributed by atoms with Crippen molar-refractivity contribution in [3.05, 3.63) is 65.2 Å². The number of hydrogen-bond acceptors (Lipinski definition) is 4. The van der Waals surface area contributed by atoms with E-state index < -0.39 is 5.97 Å². The molecule has 0 atom stereocenters. The molecule has 0 N–H and O–H groups in total. The molecule has 0 aromatic heterocycles. The lowest BCUT2D eigenvalue weighted by molar-refractivity contribution is 0.0472. The van der Waals surface area contributed by atoms with E-state index in [1.807, 2.05) is 24.3 Å². The summed E-state index contributed by atoms with van der Waals surface area (Å²) in [6, 6.07) is 13.6. The predicted molar refractivity (Wildman–Crippen MR) is 73.9 cm³/mol. The average Bonchev–Trinajstić information content (AvgIpc) is 2.53. The molecule has 0 aliphatic rings. The van der Waals surface area contributed by atoms with Crippen LogP contribution in [0.25, 0.3) is 0 Å². The van der Waals surface area contributed by atoms with Crippen LogP contribution in [0.3, 0.4) is 0 Å². The van der Waals surface area contributed by atoms with Crippen molar-refractivity contribution >= 4 is 12.3 Å². The van der Waals surface area contributed by atoms with Crippen LogP contribution in [-0.2, 0) is 11.3 Å². The summed E-state index contributed by atoms with van der Waals surface area (Å²) in [5.41, 5.74) is 1.82. The topological polar surface area (TPSA) is 52.6 Å². The number of carbonyl (C=O) groups is 2. The minimum absolute atomic E-state index is 0.193. The fraction of sp³-hybridized carbons (Fsp3) is 0.125. The lowest BCUT2D eigenvalue weighted by Gasteiger charge is -2.06. The summed E-state index contributed by atoms with van der Waals surface area (Å²) in [4.78, 5) is 22.3. The highest BCUT2D eigenvalue weighted by atomic mass is 16.5. The Balaban J connectivity index is 1.94. The molecule has 0 bridgehead atoms. The molecule has 0 fully saturated rings. The number of hydrogen-bond donors (Lipinski definition) is 0. The van der Waals surface area contributed by atoms with Crippen LogP contribution in [0, 0.1) is 0 Å². The lowest BCUT2D eigenvalue weighted by atomic mass is 10.1. The van der Waals surface area contributed by atoms with E-state index in [0.29, 0.717) is 11.1 Å². The molecule has 102 valence electrons. The highest BCUT2D eigenvalue weighted by Crippen LogP contribution is 2.13. The van der Waals surface area contributed by atoms with Crippen molar-refractivity contribution in [2.24, 2.45) is 0 Å². The number of esters is 1. The summed E-state index contributed by atoms with van der Waals surface area (Å²) in [5.74, 6) is 0.336. The summed E-state index contributed by atoms with van der Waals surface area (Å²) in [5, 5.41) is 0. The van der Waals surface area contributed by atoms with Gasteiger partial charge in [-0.3, -0.25) is 4.79 Å².